The van der Waals surface area contributed by atoms with Crippen molar-refractivity contribution in [1.82, 2.24) is 14.7 Å². The fourth-order valence-electron chi connectivity index (χ4n) is 4.74. The Morgan fingerprint density at radius 1 is 1.08 bits per heavy atom. The summed E-state index contributed by atoms with van der Waals surface area (Å²) in [6.07, 6.45) is 3.29. The largest absolute Gasteiger partial charge is 0.444 e. The van der Waals surface area contributed by atoms with Crippen LogP contribution in [0.15, 0.2) is 0 Å². The van der Waals surface area contributed by atoms with Crippen molar-refractivity contribution < 1.29 is 9.53 Å². The SMILES string of the molecule is CN1CC2CN(CCC3(C)CCN(C(=O)OC(C)(C)C)CC3)CC2C1. The number of carbonyl (C=O) groups is 1. The summed E-state index contributed by atoms with van der Waals surface area (Å²) in [7, 11) is 2.25. The van der Waals surface area contributed by atoms with Crippen LogP contribution in [0, 0.1) is 17.3 Å². The number of carbonyl (C=O) groups excluding carboxylic acids is 1. The summed E-state index contributed by atoms with van der Waals surface area (Å²) in [5, 5.41) is 0. The molecular weight excluding hydrogens is 314 g/mol. The molecule has 0 aromatic heterocycles. The van der Waals surface area contributed by atoms with E-state index in [4.69, 9.17) is 4.74 Å². The van der Waals surface area contributed by atoms with Crippen molar-refractivity contribution >= 4 is 6.09 Å². The standard InChI is InChI=1S/C20H37N3O2/c1-19(2,3)25-18(24)23-10-7-20(4,8-11-23)6-9-22-14-16-12-21(5)13-17(16)15-22/h16-17H,6-15H2,1-5H3. The first kappa shape index (κ1) is 19.0. The number of nitrogens with zero attached hydrogens (tertiary/aromatic N) is 3. The average Bonchev–Trinajstić information content (AvgIpc) is 3.01. The molecule has 3 heterocycles. The van der Waals surface area contributed by atoms with Crippen LogP contribution in [0.3, 0.4) is 0 Å². The third-order valence-electron chi connectivity index (χ3n) is 6.40. The molecule has 3 fully saturated rings. The van der Waals surface area contributed by atoms with Gasteiger partial charge in [-0.05, 0) is 70.9 Å². The van der Waals surface area contributed by atoms with Crippen molar-refractivity contribution in [3.05, 3.63) is 0 Å². The smallest absolute Gasteiger partial charge is 0.410 e. The predicted octanol–water partition coefficient (Wildman–Crippen LogP) is 2.91. The molecule has 2 unspecified atom stereocenters. The van der Waals surface area contributed by atoms with E-state index in [2.05, 4.69) is 23.8 Å². The second kappa shape index (κ2) is 7.07. The first-order valence-corrected chi connectivity index (χ1v) is 10.0. The lowest BCUT2D eigenvalue weighted by Crippen LogP contribution is -2.45. The minimum absolute atomic E-state index is 0.147. The lowest BCUT2D eigenvalue weighted by atomic mass is 9.77. The molecule has 0 N–H and O–H groups in total. The summed E-state index contributed by atoms with van der Waals surface area (Å²) in [6, 6.07) is 0. The van der Waals surface area contributed by atoms with Crippen LogP contribution in [0.1, 0.15) is 47.0 Å². The highest BCUT2D eigenvalue weighted by molar-refractivity contribution is 5.68. The molecule has 3 aliphatic rings. The van der Waals surface area contributed by atoms with Gasteiger partial charge in [0.25, 0.3) is 0 Å². The Labute approximate surface area is 153 Å². The van der Waals surface area contributed by atoms with E-state index in [1.807, 2.05) is 25.7 Å². The van der Waals surface area contributed by atoms with Crippen LogP contribution in [-0.2, 0) is 4.74 Å². The van der Waals surface area contributed by atoms with Crippen LogP contribution in [0.4, 0.5) is 4.79 Å². The van der Waals surface area contributed by atoms with Gasteiger partial charge in [0, 0.05) is 39.3 Å². The second-order valence-corrected chi connectivity index (χ2v) is 10.0. The second-order valence-electron chi connectivity index (χ2n) is 10.0. The monoisotopic (exact) mass is 351 g/mol. The highest BCUT2D eigenvalue weighted by Gasteiger charge is 2.39. The number of hydrogen-bond donors (Lipinski definition) is 0. The van der Waals surface area contributed by atoms with Gasteiger partial charge in [-0.15, -0.1) is 0 Å². The first-order chi connectivity index (χ1) is 11.6. The maximum atomic E-state index is 12.2. The number of rotatable bonds is 3. The number of likely N-dealkylation sites (tertiary alicyclic amines) is 3. The highest BCUT2D eigenvalue weighted by atomic mass is 16.6. The molecule has 3 aliphatic heterocycles. The van der Waals surface area contributed by atoms with Crippen LogP contribution in [0.2, 0.25) is 0 Å². The molecule has 3 rings (SSSR count). The topological polar surface area (TPSA) is 36.0 Å². The molecule has 0 bridgehead atoms. The van der Waals surface area contributed by atoms with Gasteiger partial charge in [0.15, 0.2) is 0 Å². The normalized spacial score (nSPS) is 30.5. The highest BCUT2D eigenvalue weighted by Crippen LogP contribution is 2.37. The Balaban J connectivity index is 1.40. The van der Waals surface area contributed by atoms with Crippen molar-refractivity contribution in [3.63, 3.8) is 0 Å². The van der Waals surface area contributed by atoms with Gasteiger partial charge in [-0.1, -0.05) is 6.92 Å². The van der Waals surface area contributed by atoms with Crippen molar-refractivity contribution in [2.45, 2.75) is 52.6 Å². The van der Waals surface area contributed by atoms with Gasteiger partial charge < -0.3 is 19.4 Å². The maximum absolute atomic E-state index is 12.2. The Bertz CT molecular complexity index is 466. The minimum atomic E-state index is -0.403. The zero-order chi connectivity index (χ0) is 18.2. The summed E-state index contributed by atoms with van der Waals surface area (Å²) in [5.41, 5.74) is -0.0350. The van der Waals surface area contributed by atoms with E-state index in [0.717, 1.165) is 37.8 Å². The summed E-state index contributed by atoms with van der Waals surface area (Å²) in [6.45, 7) is 16.2. The van der Waals surface area contributed by atoms with Crippen molar-refractivity contribution in [1.29, 1.82) is 0 Å². The molecule has 0 aliphatic carbocycles. The van der Waals surface area contributed by atoms with Crippen LogP contribution < -0.4 is 0 Å². The van der Waals surface area contributed by atoms with E-state index < -0.39 is 5.60 Å². The molecule has 5 heteroatoms. The average molecular weight is 352 g/mol. The lowest BCUT2D eigenvalue weighted by Gasteiger charge is -2.40. The zero-order valence-electron chi connectivity index (χ0n) is 16.9. The van der Waals surface area contributed by atoms with Crippen molar-refractivity contribution in [2.24, 2.45) is 17.3 Å². The van der Waals surface area contributed by atoms with Gasteiger partial charge in [0.05, 0.1) is 0 Å². The van der Waals surface area contributed by atoms with Crippen LogP contribution >= 0.6 is 0 Å². The molecular formula is C20H37N3O2. The fraction of sp³-hybridized carbons (Fsp3) is 0.950. The van der Waals surface area contributed by atoms with E-state index in [1.54, 1.807) is 0 Å². The van der Waals surface area contributed by atoms with E-state index >= 15 is 0 Å². The number of fused-ring (bicyclic) bond motifs is 1. The number of hydrogen-bond acceptors (Lipinski definition) is 4. The minimum Gasteiger partial charge on any atom is -0.444 e. The quantitative estimate of drug-likeness (QED) is 0.783. The van der Waals surface area contributed by atoms with Gasteiger partial charge in [-0.3, -0.25) is 0 Å². The van der Waals surface area contributed by atoms with Crippen LogP contribution in [0.25, 0.3) is 0 Å². The molecule has 1 amide bonds. The Kier molecular flexibility index (Phi) is 5.36. The fourth-order valence-corrected chi connectivity index (χ4v) is 4.74. The lowest BCUT2D eigenvalue weighted by molar-refractivity contribution is 0.0102. The van der Waals surface area contributed by atoms with Crippen molar-refractivity contribution in [3.8, 4) is 0 Å². The molecule has 0 aromatic rings. The number of piperidine rings is 1. The van der Waals surface area contributed by atoms with E-state index in [0.29, 0.717) is 5.41 Å². The molecule has 2 atom stereocenters. The zero-order valence-corrected chi connectivity index (χ0v) is 16.9. The third kappa shape index (κ3) is 4.88. The molecule has 3 saturated heterocycles. The Hall–Kier alpha value is -0.810. The number of amides is 1. The maximum Gasteiger partial charge on any atom is 0.410 e. The van der Waals surface area contributed by atoms with Gasteiger partial charge in [-0.25, -0.2) is 4.79 Å². The van der Waals surface area contributed by atoms with Crippen LogP contribution in [-0.4, -0.2) is 79.3 Å². The van der Waals surface area contributed by atoms with Gasteiger partial charge in [-0.2, -0.15) is 0 Å². The van der Waals surface area contributed by atoms with Gasteiger partial charge >= 0.3 is 6.09 Å². The van der Waals surface area contributed by atoms with E-state index in [1.165, 1.54) is 39.1 Å². The van der Waals surface area contributed by atoms with Crippen molar-refractivity contribution in [2.75, 3.05) is 52.9 Å². The molecule has 0 saturated carbocycles. The molecule has 0 aromatic carbocycles. The molecule has 144 valence electrons. The molecule has 5 nitrogen and oxygen atoms in total. The number of ether oxygens (including phenoxy) is 1. The van der Waals surface area contributed by atoms with E-state index in [-0.39, 0.29) is 6.09 Å². The van der Waals surface area contributed by atoms with Gasteiger partial charge in [0.2, 0.25) is 0 Å². The Morgan fingerprint density at radius 3 is 2.16 bits per heavy atom. The molecule has 0 radical (unpaired) electrons. The van der Waals surface area contributed by atoms with Crippen LogP contribution in [0.5, 0.6) is 0 Å². The summed E-state index contributed by atoms with van der Waals surface area (Å²) < 4.78 is 5.51. The van der Waals surface area contributed by atoms with Gasteiger partial charge in [0.1, 0.15) is 5.60 Å². The molecule has 0 spiro atoms. The summed E-state index contributed by atoms with van der Waals surface area (Å²) in [4.78, 5) is 19.3. The van der Waals surface area contributed by atoms with E-state index in [9.17, 15) is 4.79 Å². The molecule has 25 heavy (non-hydrogen) atoms. The summed E-state index contributed by atoms with van der Waals surface area (Å²) in [5.74, 6) is 1.79. The third-order valence-corrected chi connectivity index (χ3v) is 6.40. The summed E-state index contributed by atoms with van der Waals surface area (Å²) >= 11 is 0. The first-order valence-electron chi connectivity index (χ1n) is 10.0. The predicted molar refractivity (Wildman–Crippen MR) is 101 cm³/mol. The Morgan fingerprint density at radius 2 is 1.64 bits per heavy atom.